The fraction of sp³-hybridized carbons (Fsp3) is 0.161. The number of furan rings is 1. The number of nitrogens with zero attached hydrogens (tertiary/aromatic N) is 1. The zero-order chi connectivity index (χ0) is 26.9. The third kappa shape index (κ3) is 4.66. The van der Waals surface area contributed by atoms with Crippen molar-refractivity contribution in [1.82, 2.24) is 15.3 Å². The minimum absolute atomic E-state index is 0.212. The van der Waals surface area contributed by atoms with Crippen LogP contribution in [0.3, 0.4) is 0 Å². The van der Waals surface area contributed by atoms with Crippen LogP contribution in [-0.2, 0) is 6.42 Å². The van der Waals surface area contributed by atoms with Gasteiger partial charge in [-0.05, 0) is 60.5 Å². The highest BCUT2D eigenvalue weighted by molar-refractivity contribution is 6.07. The number of aromatic nitrogens is 2. The Morgan fingerprint density at radius 1 is 1.00 bits per heavy atom. The van der Waals surface area contributed by atoms with Gasteiger partial charge in [0, 0.05) is 33.9 Å². The first-order valence-corrected chi connectivity index (χ1v) is 12.6. The lowest BCUT2D eigenvalue weighted by atomic mass is 10.0. The van der Waals surface area contributed by atoms with Crippen molar-refractivity contribution in [2.45, 2.75) is 12.5 Å². The van der Waals surface area contributed by atoms with Gasteiger partial charge in [-0.1, -0.05) is 18.2 Å². The van der Waals surface area contributed by atoms with Gasteiger partial charge in [-0.15, -0.1) is 0 Å². The van der Waals surface area contributed by atoms with E-state index in [1.165, 1.54) is 0 Å². The molecule has 8 nitrogen and oxygen atoms in total. The summed E-state index contributed by atoms with van der Waals surface area (Å²) >= 11 is 0. The molecule has 196 valence electrons. The van der Waals surface area contributed by atoms with E-state index in [2.05, 4.69) is 10.3 Å². The van der Waals surface area contributed by atoms with Gasteiger partial charge in [0.05, 0.1) is 37.9 Å². The van der Waals surface area contributed by atoms with Crippen molar-refractivity contribution in [3.05, 3.63) is 90.1 Å². The van der Waals surface area contributed by atoms with Crippen LogP contribution in [0.15, 0.2) is 83.4 Å². The monoisotopic (exact) mass is 521 g/mol. The van der Waals surface area contributed by atoms with Gasteiger partial charge in [0.1, 0.15) is 22.8 Å². The number of carbonyl (C=O) groups excluding carboxylic acids is 1. The van der Waals surface area contributed by atoms with Crippen LogP contribution in [0, 0.1) is 0 Å². The summed E-state index contributed by atoms with van der Waals surface area (Å²) in [6.45, 7) is -0.212. The molecule has 6 aromatic rings. The highest BCUT2D eigenvalue weighted by atomic mass is 16.5. The van der Waals surface area contributed by atoms with E-state index in [4.69, 9.17) is 18.9 Å². The smallest absolute Gasteiger partial charge is 0.252 e. The first-order chi connectivity index (χ1) is 19.1. The quantitative estimate of drug-likeness (QED) is 0.245. The van der Waals surface area contributed by atoms with E-state index < -0.39 is 6.04 Å². The van der Waals surface area contributed by atoms with Crippen molar-refractivity contribution in [2.24, 2.45) is 0 Å². The Kier molecular flexibility index (Phi) is 6.38. The standard InChI is InChI=1S/C31H27N3O5/c1-37-21-9-10-27-24(13-21)25(15-28(34-27)30-12-18-7-8-22(38-2)14-29(18)39-30)31(36)33-20(17-35)11-19-16-32-26-6-4-3-5-23(19)26/h3-10,12-16,20,32,35H,11,17H2,1-2H3,(H,33,36). The molecule has 0 aliphatic rings. The molecule has 8 heteroatoms. The third-order valence-electron chi connectivity index (χ3n) is 6.94. The average Bonchev–Trinajstić information content (AvgIpc) is 3.59. The van der Waals surface area contributed by atoms with Crippen LogP contribution in [0.4, 0.5) is 0 Å². The van der Waals surface area contributed by atoms with Crippen molar-refractivity contribution in [2.75, 3.05) is 20.8 Å². The van der Waals surface area contributed by atoms with E-state index >= 15 is 0 Å². The fourth-order valence-electron chi connectivity index (χ4n) is 4.90. The zero-order valence-electron chi connectivity index (χ0n) is 21.5. The van der Waals surface area contributed by atoms with Crippen LogP contribution in [0.25, 0.3) is 44.2 Å². The number of hydrogen-bond acceptors (Lipinski definition) is 6. The number of nitrogens with one attached hydrogen (secondary N) is 2. The first-order valence-electron chi connectivity index (χ1n) is 12.6. The van der Waals surface area contributed by atoms with Gasteiger partial charge >= 0.3 is 0 Å². The number of aliphatic hydroxyl groups is 1. The number of aromatic amines is 1. The summed E-state index contributed by atoms with van der Waals surface area (Å²) in [5.74, 6) is 1.50. The number of ether oxygens (including phenoxy) is 2. The summed E-state index contributed by atoms with van der Waals surface area (Å²) in [4.78, 5) is 21.7. The van der Waals surface area contributed by atoms with Crippen molar-refractivity contribution in [1.29, 1.82) is 0 Å². The minimum Gasteiger partial charge on any atom is -0.497 e. The largest absolute Gasteiger partial charge is 0.497 e. The second kappa shape index (κ2) is 10.2. The molecule has 6 rings (SSSR count). The Morgan fingerprint density at radius 2 is 1.79 bits per heavy atom. The molecule has 0 fully saturated rings. The second-order valence-corrected chi connectivity index (χ2v) is 9.37. The van der Waals surface area contributed by atoms with E-state index in [-0.39, 0.29) is 12.5 Å². The van der Waals surface area contributed by atoms with Crippen molar-refractivity contribution in [3.63, 3.8) is 0 Å². The number of carbonyl (C=O) groups is 1. The molecule has 3 heterocycles. The minimum atomic E-state index is -0.493. The van der Waals surface area contributed by atoms with E-state index in [9.17, 15) is 9.90 Å². The number of hydrogen-bond donors (Lipinski definition) is 3. The maximum atomic E-state index is 13.7. The topological polar surface area (TPSA) is 110 Å². The molecule has 0 saturated heterocycles. The number of para-hydroxylation sites is 1. The van der Waals surface area contributed by atoms with Gasteiger partial charge in [-0.3, -0.25) is 4.79 Å². The second-order valence-electron chi connectivity index (χ2n) is 9.37. The maximum absolute atomic E-state index is 13.7. The van der Waals surface area contributed by atoms with Crippen LogP contribution in [0.5, 0.6) is 11.5 Å². The molecule has 0 aliphatic heterocycles. The van der Waals surface area contributed by atoms with Gasteiger partial charge in [-0.2, -0.15) is 0 Å². The van der Waals surface area contributed by atoms with Crippen molar-refractivity contribution < 1.29 is 23.8 Å². The molecule has 0 radical (unpaired) electrons. The van der Waals surface area contributed by atoms with Gasteiger partial charge in [0.25, 0.3) is 5.91 Å². The highest BCUT2D eigenvalue weighted by Gasteiger charge is 2.21. The SMILES string of the molecule is COc1ccc2cc(-c3cc(C(=O)NC(CO)Cc4c[nH]c5ccccc45)c4cc(OC)ccc4n3)oc2c1. The molecule has 1 unspecified atom stereocenters. The zero-order valence-corrected chi connectivity index (χ0v) is 21.5. The lowest BCUT2D eigenvalue weighted by Crippen LogP contribution is -2.39. The predicted octanol–water partition coefficient (Wildman–Crippen LogP) is 5.48. The molecular weight excluding hydrogens is 494 g/mol. The summed E-state index contributed by atoms with van der Waals surface area (Å²) in [5, 5.41) is 15.8. The third-order valence-corrected chi connectivity index (χ3v) is 6.94. The summed E-state index contributed by atoms with van der Waals surface area (Å²) in [6.07, 6.45) is 2.39. The van der Waals surface area contributed by atoms with Gasteiger partial charge < -0.3 is 29.3 Å². The molecule has 0 saturated carbocycles. The molecule has 0 aliphatic carbocycles. The molecule has 3 N–H and O–H groups in total. The van der Waals surface area contributed by atoms with Crippen LogP contribution < -0.4 is 14.8 Å². The van der Waals surface area contributed by atoms with Crippen LogP contribution in [0.2, 0.25) is 0 Å². The molecule has 0 bridgehead atoms. The van der Waals surface area contributed by atoms with Gasteiger partial charge in [0.15, 0.2) is 5.76 Å². The predicted molar refractivity (Wildman–Crippen MR) is 150 cm³/mol. The Balaban J connectivity index is 1.38. The number of amides is 1. The van der Waals surface area contributed by atoms with Gasteiger partial charge in [-0.25, -0.2) is 4.98 Å². The molecule has 0 spiro atoms. The normalized spacial score (nSPS) is 12.2. The summed E-state index contributed by atoms with van der Waals surface area (Å²) < 4.78 is 16.8. The number of methoxy groups -OCH3 is 2. The fourth-order valence-corrected chi connectivity index (χ4v) is 4.90. The number of H-pyrrole nitrogens is 1. The van der Waals surface area contributed by atoms with Crippen LogP contribution >= 0.6 is 0 Å². The van der Waals surface area contributed by atoms with E-state index in [1.807, 2.05) is 60.8 Å². The van der Waals surface area contributed by atoms with E-state index in [0.29, 0.717) is 51.4 Å². The van der Waals surface area contributed by atoms with Crippen LogP contribution in [0.1, 0.15) is 15.9 Å². The van der Waals surface area contributed by atoms with Crippen molar-refractivity contribution in [3.8, 4) is 23.0 Å². The Hall–Kier alpha value is -4.82. The summed E-state index contributed by atoms with van der Waals surface area (Å²) in [6, 6.07) is 22.1. The number of aliphatic hydroxyl groups excluding tert-OH is 1. The number of benzene rings is 3. The summed E-state index contributed by atoms with van der Waals surface area (Å²) in [7, 11) is 3.18. The molecule has 39 heavy (non-hydrogen) atoms. The lowest BCUT2D eigenvalue weighted by molar-refractivity contribution is 0.0918. The molecular formula is C31H27N3O5. The van der Waals surface area contributed by atoms with E-state index in [0.717, 1.165) is 21.9 Å². The number of fused-ring (bicyclic) bond motifs is 3. The number of rotatable bonds is 8. The highest BCUT2D eigenvalue weighted by Crippen LogP contribution is 2.32. The van der Waals surface area contributed by atoms with Crippen LogP contribution in [-0.4, -0.2) is 47.8 Å². The lowest BCUT2D eigenvalue weighted by Gasteiger charge is -2.17. The number of pyridine rings is 1. The molecule has 1 amide bonds. The Labute approximate surface area is 224 Å². The molecule has 3 aromatic heterocycles. The molecule has 1 atom stereocenters. The summed E-state index contributed by atoms with van der Waals surface area (Å²) in [5.41, 5.74) is 4.23. The van der Waals surface area contributed by atoms with E-state index in [1.54, 1.807) is 32.4 Å². The maximum Gasteiger partial charge on any atom is 0.252 e. The average molecular weight is 522 g/mol. The van der Waals surface area contributed by atoms with Crippen molar-refractivity contribution >= 4 is 38.7 Å². The Morgan fingerprint density at radius 3 is 2.62 bits per heavy atom. The first kappa shape index (κ1) is 24.5. The Bertz CT molecular complexity index is 1820. The van der Waals surface area contributed by atoms with Gasteiger partial charge in [0.2, 0.25) is 0 Å². The molecule has 3 aromatic carbocycles.